The van der Waals surface area contributed by atoms with Crippen LogP contribution < -0.4 is 11.5 Å². The fourth-order valence-electron chi connectivity index (χ4n) is 6.01. The van der Waals surface area contributed by atoms with Gasteiger partial charge in [0.25, 0.3) is 0 Å². The lowest BCUT2D eigenvalue weighted by atomic mass is 9.49. The standard InChI is InChI=1S/C22H25N3O8/c1-6-7-4-5-8(23)15(26)10(7)16(27)11-9(6)17(28)13-14(25(2)3)18(29)12(21(24)32)20(31)22(13,33)19(11)30/h4-6,9,11-14,17,26,28,33H,23H2,1-3H3,(H2,24,32)/t6-,9+,11?,12?,13+,14?,17-,22-/m0/s1. The van der Waals surface area contributed by atoms with Gasteiger partial charge < -0.3 is 26.8 Å². The Morgan fingerprint density at radius 3 is 2.27 bits per heavy atom. The van der Waals surface area contributed by atoms with Crippen molar-refractivity contribution in [1.82, 2.24) is 4.90 Å². The maximum absolute atomic E-state index is 13.7. The topological polar surface area (TPSA) is 201 Å². The highest BCUT2D eigenvalue weighted by Gasteiger charge is 2.72. The van der Waals surface area contributed by atoms with Gasteiger partial charge in [0.1, 0.15) is 5.75 Å². The van der Waals surface area contributed by atoms with Crippen LogP contribution in [0.1, 0.15) is 28.8 Å². The first kappa shape index (κ1) is 23.0. The van der Waals surface area contributed by atoms with Crippen molar-refractivity contribution in [3.63, 3.8) is 0 Å². The molecule has 7 N–H and O–H groups in total. The molecular formula is C22H25N3O8. The van der Waals surface area contributed by atoms with Crippen LogP contribution in [0.4, 0.5) is 5.69 Å². The molecule has 2 saturated carbocycles. The number of carbonyl (C=O) groups excluding carboxylic acids is 5. The number of hydrogen-bond acceptors (Lipinski definition) is 10. The Labute approximate surface area is 188 Å². The first-order valence-corrected chi connectivity index (χ1v) is 10.4. The van der Waals surface area contributed by atoms with Gasteiger partial charge in [0, 0.05) is 5.92 Å². The van der Waals surface area contributed by atoms with Crippen LogP contribution in [0.2, 0.25) is 0 Å². The van der Waals surface area contributed by atoms with E-state index >= 15 is 0 Å². The van der Waals surface area contributed by atoms with Gasteiger partial charge in [-0.25, -0.2) is 0 Å². The SMILES string of the molecule is C[C@H]1c2ccc(N)c(O)c2C(=O)C2C(=O)[C@]3(O)C(=O)C(C(N)=O)C(=O)C(N(C)C)[C@@H]3[C@@H](O)[C@@H]21. The Bertz CT molecular complexity index is 1130. The summed E-state index contributed by atoms with van der Waals surface area (Å²) in [5.74, 6) is -13.6. The van der Waals surface area contributed by atoms with E-state index in [1.54, 1.807) is 6.92 Å². The lowest BCUT2D eigenvalue weighted by Gasteiger charge is -2.56. The minimum absolute atomic E-state index is 0.103. The lowest BCUT2D eigenvalue weighted by Crippen LogP contribution is -2.77. The Hall–Kier alpha value is -3.15. The third-order valence-corrected chi connectivity index (χ3v) is 7.52. The molecule has 0 aliphatic heterocycles. The summed E-state index contributed by atoms with van der Waals surface area (Å²) in [5.41, 5.74) is 7.98. The van der Waals surface area contributed by atoms with Gasteiger partial charge in [-0.3, -0.25) is 28.9 Å². The number of primary amides is 1. The normalized spacial score (nSPS) is 38.1. The van der Waals surface area contributed by atoms with Crippen LogP contribution in [0.25, 0.3) is 0 Å². The molecule has 33 heavy (non-hydrogen) atoms. The summed E-state index contributed by atoms with van der Waals surface area (Å²) in [6, 6.07) is 1.50. The summed E-state index contributed by atoms with van der Waals surface area (Å²) in [7, 11) is 2.87. The Morgan fingerprint density at radius 2 is 1.73 bits per heavy atom. The van der Waals surface area contributed by atoms with Crippen molar-refractivity contribution in [2.75, 3.05) is 19.8 Å². The smallest absolute Gasteiger partial charge is 0.235 e. The molecule has 0 heterocycles. The van der Waals surface area contributed by atoms with Crippen molar-refractivity contribution >= 4 is 34.7 Å². The number of anilines is 1. The van der Waals surface area contributed by atoms with Crippen molar-refractivity contribution in [3.8, 4) is 5.75 Å². The zero-order valence-corrected chi connectivity index (χ0v) is 18.2. The van der Waals surface area contributed by atoms with E-state index in [-0.39, 0.29) is 11.3 Å². The molecule has 0 saturated heterocycles. The fourth-order valence-corrected chi connectivity index (χ4v) is 6.01. The number of aromatic hydroxyl groups is 1. The van der Waals surface area contributed by atoms with E-state index in [1.165, 1.54) is 31.1 Å². The number of nitrogen functional groups attached to an aromatic ring is 1. The summed E-state index contributed by atoms with van der Waals surface area (Å²) in [4.78, 5) is 66.6. The average molecular weight is 459 g/mol. The van der Waals surface area contributed by atoms with Crippen molar-refractivity contribution in [2.45, 2.75) is 30.6 Å². The molecule has 2 fully saturated rings. The highest BCUT2D eigenvalue weighted by atomic mass is 16.3. The number of likely N-dealkylation sites (N-methyl/N-ethyl adjacent to an activating group) is 1. The molecule has 11 heteroatoms. The first-order valence-electron chi connectivity index (χ1n) is 10.4. The predicted molar refractivity (Wildman–Crippen MR) is 112 cm³/mol. The number of Topliss-reactive ketones (excluding diaryl/α,β-unsaturated/α-hetero) is 4. The monoisotopic (exact) mass is 459 g/mol. The molecule has 3 aliphatic rings. The number of ketones is 4. The van der Waals surface area contributed by atoms with Gasteiger partial charge in [0.05, 0.1) is 35.2 Å². The fraction of sp³-hybridized carbons (Fsp3) is 0.500. The van der Waals surface area contributed by atoms with E-state index in [9.17, 15) is 39.3 Å². The third kappa shape index (κ3) is 2.69. The number of carbonyl (C=O) groups is 5. The molecule has 0 bridgehead atoms. The van der Waals surface area contributed by atoms with Gasteiger partial charge in [-0.1, -0.05) is 13.0 Å². The maximum Gasteiger partial charge on any atom is 0.235 e. The van der Waals surface area contributed by atoms with Gasteiger partial charge in [-0.15, -0.1) is 0 Å². The van der Waals surface area contributed by atoms with Crippen LogP contribution in [0.15, 0.2) is 12.1 Å². The van der Waals surface area contributed by atoms with Crippen LogP contribution in [-0.2, 0) is 19.2 Å². The summed E-state index contributed by atoms with van der Waals surface area (Å²) < 4.78 is 0. The molecule has 1 aromatic carbocycles. The predicted octanol–water partition coefficient (Wildman–Crippen LogP) is -2.02. The molecule has 11 nitrogen and oxygen atoms in total. The van der Waals surface area contributed by atoms with Gasteiger partial charge in [0.2, 0.25) is 5.91 Å². The number of hydrogen-bond donors (Lipinski definition) is 5. The summed E-state index contributed by atoms with van der Waals surface area (Å²) >= 11 is 0. The number of phenols is 1. The number of aliphatic hydroxyl groups excluding tert-OH is 1. The highest BCUT2D eigenvalue weighted by Crippen LogP contribution is 2.54. The Kier molecular flexibility index (Phi) is 5.00. The second-order valence-electron chi connectivity index (χ2n) is 9.33. The highest BCUT2D eigenvalue weighted by molar-refractivity contribution is 6.32. The van der Waals surface area contributed by atoms with Crippen LogP contribution >= 0.6 is 0 Å². The Balaban J connectivity index is 1.97. The molecule has 3 aliphatic carbocycles. The lowest BCUT2D eigenvalue weighted by molar-refractivity contribution is -0.196. The molecule has 3 unspecified atom stereocenters. The molecule has 0 aromatic heterocycles. The van der Waals surface area contributed by atoms with Gasteiger partial charge in [0.15, 0.2) is 34.7 Å². The molecule has 0 spiro atoms. The largest absolute Gasteiger partial charge is 0.505 e. The molecule has 1 aromatic rings. The number of benzene rings is 1. The molecule has 8 atom stereocenters. The average Bonchev–Trinajstić information content (AvgIpc) is 2.72. The number of fused-ring (bicyclic) bond motifs is 3. The molecule has 4 rings (SSSR count). The number of nitrogens with zero attached hydrogens (tertiary/aromatic N) is 1. The second-order valence-corrected chi connectivity index (χ2v) is 9.33. The van der Waals surface area contributed by atoms with Gasteiger partial charge in [-0.2, -0.15) is 0 Å². The molecular weight excluding hydrogens is 434 g/mol. The minimum atomic E-state index is -3.01. The van der Waals surface area contributed by atoms with Crippen LogP contribution in [-0.4, -0.2) is 81.1 Å². The summed E-state index contributed by atoms with van der Waals surface area (Å²) in [6.45, 7) is 1.63. The van der Waals surface area contributed by atoms with E-state index in [0.29, 0.717) is 5.56 Å². The Morgan fingerprint density at radius 1 is 1.12 bits per heavy atom. The van der Waals surface area contributed by atoms with Crippen LogP contribution in [0.5, 0.6) is 5.75 Å². The van der Waals surface area contributed by atoms with Crippen molar-refractivity contribution < 1.29 is 39.3 Å². The molecule has 0 radical (unpaired) electrons. The van der Waals surface area contributed by atoms with E-state index < -0.39 is 82.1 Å². The summed E-state index contributed by atoms with van der Waals surface area (Å²) in [6.07, 6.45) is -1.65. The molecule has 1 amide bonds. The summed E-state index contributed by atoms with van der Waals surface area (Å²) in [5, 5.41) is 33.3. The molecule has 176 valence electrons. The van der Waals surface area contributed by atoms with Crippen LogP contribution in [0, 0.1) is 23.7 Å². The number of nitrogens with two attached hydrogens (primary N) is 2. The van der Waals surface area contributed by atoms with E-state index in [1.807, 2.05) is 0 Å². The second kappa shape index (κ2) is 7.17. The first-order chi connectivity index (χ1) is 15.3. The van der Waals surface area contributed by atoms with Crippen molar-refractivity contribution in [2.24, 2.45) is 29.4 Å². The maximum atomic E-state index is 13.7. The van der Waals surface area contributed by atoms with E-state index in [2.05, 4.69) is 0 Å². The quantitative estimate of drug-likeness (QED) is 0.187. The number of aliphatic hydroxyl groups is 2. The number of amides is 1. The third-order valence-electron chi connectivity index (χ3n) is 7.52. The van der Waals surface area contributed by atoms with Crippen molar-refractivity contribution in [1.29, 1.82) is 0 Å². The van der Waals surface area contributed by atoms with E-state index in [4.69, 9.17) is 11.5 Å². The zero-order valence-electron chi connectivity index (χ0n) is 18.2. The zero-order chi connectivity index (χ0) is 24.7. The van der Waals surface area contributed by atoms with Gasteiger partial charge >= 0.3 is 0 Å². The number of phenolic OH excluding ortho intramolecular Hbond substituents is 1. The van der Waals surface area contributed by atoms with Crippen molar-refractivity contribution in [3.05, 3.63) is 23.3 Å². The minimum Gasteiger partial charge on any atom is -0.505 e. The van der Waals surface area contributed by atoms with E-state index in [0.717, 1.165) is 0 Å². The van der Waals surface area contributed by atoms with Crippen LogP contribution in [0.3, 0.4) is 0 Å². The number of rotatable bonds is 2. The van der Waals surface area contributed by atoms with Gasteiger partial charge in [-0.05, 0) is 31.6 Å².